The van der Waals surface area contributed by atoms with Crippen molar-refractivity contribution in [2.45, 2.75) is 30.2 Å². The molecule has 116 valence electrons. The topological polar surface area (TPSA) is 41.1 Å². The number of fused-ring (bicyclic) bond motifs is 1. The molecule has 1 amide bonds. The highest BCUT2D eigenvalue weighted by atomic mass is 35.5. The van der Waals surface area contributed by atoms with Crippen molar-refractivity contribution in [1.82, 2.24) is 10.6 Å². The van der Waals surface area contributed by atoms with Crippen molar-refractivity contribution < 1.29 is 4.79 Å². The maximum Gasteiger partial charge on any atom is 0.224 e. The highest BCUT2D eigenvalue weighted by molar-refractivity contribution is 7.99. The van der Waals surface area contributed by atoms with Crippen LogP contribution in [0, 0.1) is 5.92 Å². The maximum atomic E-state index is 12.4. The molecule has 2 heterocycles. The predicted octanol–water partition coefficient (Wildman–Crippen LogP) is 3.41. The smallest absolute Gasteiger partial charge is 0.224 e. The molecule has 0 saturated carbocycles. The Labute approximate surface area is 141 Å². The van der Waals surface area contributed by atoms with E-state index in [0.29, 0.717) is 0 Å². The van der Waals surface area contributed by atoms with Gasteiger partial charge in [-0.15, -0.1) is 24.2 Å². The second-order valence-electron chi connectivity index (χ2n) is 5.42. The van der Waals surface area contributed by atoms with Crippen LogP contribution >= 0.6 is 35.8 Å². The van der Waals surface area contributed by atoms with E-state index < -0.39 is 0 Å². The molecule has 0 spiro atoms. The summed E-state index contributed by atoms with van der Waals surface area (Å²) in [5.41, 5.74) is 1.17. The minimum atomic E-state index is 0. The second kappa shape index (κ2) is 7.73. The number of hydrogen-bond donors (Lipinski definition) is 2. The molecular formula is C15H20Cl2N2OS. The van der Waals surface area contributed by atoms with Crippen molar-refractivity contribution in [3.63, 3.8) is 0 Å². The van der Waals surface area contributed by atoms with E-state index >= 15 is 0 Å². The Morgan fingerprint density at radius 1 is 1.38 bits per heavy atom. The molecule has 2 N–H and O–H groups in total. The molecule has 0 aliphatic carbocycles. The fraction of sp³-hybridized carbons (Fsp3) is 0.533. The van der Waals surface area contributed by atoms with Crippen LogP contribution in [0.3, 0.4) is 0 Å². The predicted molar refractivity (Wildman–Crippen MR) is 90.5 cm³/mol. The molecule has 2 aliphatic rings. The Morgan fingerprint density at radius 3 is 3.00 bits per heavy atom. The zero-order chi connectivity index (χ0) is 13.9. The van der Waals surface area contributed by atoms with Crippen molar-refractivity contribution in [3.05, 3.63) is 28.8 Å². The van der Waals surface area contributed by atoms with Crippen LogP contribution in [-0.2, 0) is 4.79 Å². The molecule has 2 aliphatic heterocycles. The lowest BCUT2D eigenvalue weighted by atomic mass is 9.97. The molecule has 1 aromatic carbocycles. The van der Waals surface area contributed by atoms with Crippen LogP contribution in [-0.4, -0.2) is 24.7 Å². The van der Waals surface area contributed by atoms with Crippen molar-refractivity contribution in [3.8, 4) is 0 Å². The highest BCUT2D eigenvalue weighted by Gasteiger charge is 2.27. The van der Waals surface area contributed by atoms with Gasteiger partial charge in [-0.2, -0.15) is 0 Å². The third kappa shape index (κ3) is 4.07. The molecule has 0 bridgehead atoms. The van der Waals surface area contributed by atoms with Gasteiger partial charge in [0.2, 0.25) is 5.91 Å². The van der Waals surface area contributed by atoms with Gasteiger partial charge < -0.3 is 10.6 Å². The summed E-state index contributed by atoms with van der Waals surface area (Å²) in [5.74, 6) is 1.34. The van der Waals surface area contributed by atoms with Crippen molar-refractivity contribution in [2.75, 3.05) is 18.8 Å². The van der Waals surface area contributed by atoms with E-state index in [1.807, 2.05) is 23.9 Å². The molecule has 0 aromatic heterocycles. The summed E-state index contributed by atoms with van der Waals surface area (Å²) in [5, 5.41) is 7.26. The Kier molecular flexibility index (Phi) is 6.23. The summed E-state index contributed by atoms with van der Waals surface area (Å²) >= 11 is 7.94. The molecule has 21 heavy (non-hydrogen) atoms. The van der Waals surface area contributed by atoms with Gasteiger partial charge in [0.05, 0.1) is 12.0 Å². The maximum absolute atomic E-state index is 12.4. The number of benzene rings is 1. The molecule has 3 nitrogen and oxygen atoms in total. The Balaban J connectivity index is 0.00000161. The number of halogens is 2. The van der Waals surface area contributed by atoms with E-state index in [-0.39, 0.29) is 30.3 Å². The third-order valence-electron chi connectivity index (χ3n) is 4.00. The van der Waals surface area contributed by atoms with Crippen molar-refractivity contribution in [1.29, 1.82) is 0 Å². The second-order valence-corrected chi connectivity index (χ2v) is 7.00. The summed E-state index contributed by atoms with van der Waals surface area (Å²) in [6, 6.07) is 6.08. The van der Waals surface area contributed by atoms with Crippen molar-refractivity contribution >= 4 is 41.7 Å². The molecule has 2 unspecified atom stereocenters. The van der Waals surface area contributed by atoms with Gasteiger partial charge in [-0.1, -0.05) is 11.6 Å². The minimum absolute atomic E-state index is 0. The van der Waals surface area contributed by atoms with E-state index in [2.05, 4.69) is 16.7 Å². The average molecular weight is 347 g/mol. The number of carbonyl (C=O) groups excluding carboxylic acids is 1. The Morgan fingerprint density at radius 2 is 2.24 bits per heavy atom. The first-order valence-electron chi connectivity index (χ1n) is 7.17. The quantitative estimate of drug-likeness (QED) is 0.861. The number of thioether (sulfide) groups is 1. The van der Waals surface area contributed by atoms with Gasteiger partial charge in [-0.05, 0) is 49.6 Å². The zero-order valence-electron chi connectivity index (χ0n) is 11.7. The van der Waals surface area contributed by atoms with Crippen LogP contribution in [0.15, 0.2) is 23.1 Å². The van der Waals surface area contributed by atoms with Gasteiger partial charge in [0.15, 0.2) is 0 Å². The lowest BCUT2D eigenvalue weighted by Gasteiger charge is -2.29. The fourth-order valence-electron chi connectivity index (χ4n) is 2.88. The average Bonchev–Trinajstić information content (AvgIpc) is 2.49. The van der Waals surface area contributed by atoms with E-state index in [9.17, 15) is 4.79 Å². The van der Waals surface area contributed by atoms with Gasteiger partial charge in [0.1, 0.15) is 0 Å². The van der Waals surface area contributed by atoms with Crippen LogP contribution in [0.1, 0.15) is 30.9 Å². The van der Waals surface area contributed by atoms with E-state index in [4.69, 9.17) is 11.6 Å². The fourth-order valence-corrected chi connectivity index (χ4v) is 4.17. The summed E-state index contributed by atoms with van der Waals surface area (Å²) in [6.45, 7) is 1.83. The van der Waals surface area contributed by atoms with E-state index in [1.54, 1.807) is 0 Å². The lowest BCUT2D eigenvalue weighted by Crippen LogP contribution is -2.42. The third-order valence-corrected chi connectivity index (χ3v) is 5.35. The summed E-state index contributed by atoms with van der Waals surface area (Å²) in [7, 11) is 0. The summed E-state index contributed by atoms with van der Waals surface area (Å²) in [6.07, 6.45) is 3.05. The monoisotopic (exact) mass is 346 g/mol. The molecule has 3 rings (SSSR count). The van der Waals surface area contributed by atoms with E-state index in [1.165, 1.54) is 10.5 Å². The lowest BCUT2D eigenvalue weighted by molar-refractivity contribution is -0.126. The summed E-state index contributed by atoms with van der Waals surface area (Å²) in [4.78, 5) is 13.6. The van der Waals surface area contributed by atoms with Gasteiger partial charge in [0.25, 0.3) is 0 Å². The standard InChI is InChI=1S/C15H19ClN2OS.ClH/c16-11-3-4-14-12(8-11)13(5-7-20-14)18-15(19)10-2-1-6-17-9-10;/h3-4,8,10,13,17H,1-2,5-7,9H2,(H,18,19);1H. The first kappa shape index (κ1) is 16.9. The number of hydrogen-bond acceptors (Lipinski definition) is 3. The first-order valence-corrected chi connectivity index (χ1v) is 8.54. The SMILES string of the molecule is Cl.O=C(NC1CCSc2ccc(Cl)cc21)C1CCCNC1. The number of nitrogens with one attached hydrogen (secondary N) is 2. The molecule has 1 saturated heterocycles. The summed E-state index contributed by atoms with van der Waals surface area (Å²) < 4.78 is 0. The number of rotatable bonds is 2. The van der Waals surface area contributed by atoms with Gasteiger partial charge in [0, 0.05) is 22.2 Å². The number of piperidine rings is 1. The van der Waals surface area contributed by atoms with Gasteiger partial charge >= 0.3 is 0 Å². The van der Waals surface area contributed by atoms with Crippen LogP contribution in [0.2, 0.25) is 5.02 Å². The van der Waals surface area contributed by atoms with Gasteiger partial charge in [-0.3, -0.25) is 4.79 Å². The van der Waals surface area contributed by atoms with Crippen LogP contribution < -0.4 is 10.6 Å². The zero-order valence-corrected chi connectivity index (χ0v) is 14.1. The molecule has 1 fully saturated rings. The molecule has 0 radical (unpaired) electrons. The van der Waals surface area contributed by atoms with Gasteiger partial charge in [-0.25, -0.2) is 0 Å². The minimum Gasteiger partial charge on any atom is -0.349 e. The van der Waals surface area contributed by atoms with Crippen molar-refractivity contribution in [2.24, 2.45) is 5.92 Å². The number of amides is 1. The number of carbonyl (C=O) groups is 1. The molecular weight excluding hydrogens is 327 g/mol. The van der Waals surface area contributed by atoms with Crippen LogP contribution in [0.25, 0.3) is 0 Å². The molecule has 2 atom stereocenters. The highest BCUT2D eigenvalue weighted by Crippen LogP contribution is 2.37. The molecule has 1 aromatic rings. The molecule has 6 heteroatoms. The van der Waals surface area contributed by atoms with Crippen LogP contribution in [0.5, 0.6) is 0 Å². The first-order chi connectivity index (χ1) is 9.74. The normalized spacial score (nSPS) is 24.6. The van der Waals surface area contributed by atoms with Crippen LogP contribution in [0.4, 0.5) is 0 Å². The largest absolute Gasteiger partial charge is 0.349 e. The Bertz CT molecular complexity index is 506. The van der Waals surface area contributed by atoms with E-state index in [0.717, 1.165) is 43.1 Å². The Hall–Kier alpha value is -0.420.